The van der Waals surface area contributed by atoms with Gasteiger partial charge in [-0.1, -0.05) is 18.9 Å². The summed E-state index contributed by atoms with van der Waals surface area (Å²) in [5.41, 5.74) is 0.589. The van der Waals surface area contributed by atoms with Crippen LogP contribution in [0.5, 0.6) is 0 Å². The molecule has 0 spiro atoms. The van der Waals surface area contributed by atoms with Crippen molar-refractivity contribution in [1.29, 1.82) is 0 Å². The molecule has 1 radical (unpaired) electrons. The summed E-state index contributed by atoms with van der Waals surface area (Å²) < 4.78 is 37.3. The van der Waals surface area contributed by atoms with Crippen LogP contribution in [0.1, 0.15) is 38.7 Å². The Morgan fingerprint density at radius 2 is 1.70 bits per heavy atom. The molecule has 0 atom stereocenters. The predicted octanol–water partition coefficient (Wildman–Crippen LogP) is 4.24. The normalized spacial score (nSPS) is 11.2. The summed E-state index contributed by atoms with van der Waals surface area (Å²) in [6.45, 7) is 5.33. The monoisotopic (exact) mass is 301 g/mol. The third kappa shape index (κ3) is 6.59. The quantitative estimate of drug-likeness (QED) is 0.475. The molecule has 0 aliphatic heterocycles. The van der Waals surface area contributed by atoms with Gasteiger partial charge in [0.05, 0.1) is 0 Å². The van der Waals surface area contributed by atoms with Crippen molar-refractivity contribution in [3.63, 3.8) is 0 Å². The SMILES string of the molecule is CCO[Si](CCCCCc1ccc(F)cc1F)OCC. The van der Waals surface area contributed by atoms with Crippen LogP contribution < -0.4 is 0 Å². The van der Waals surface area contributed by atoms with E-state index in [0.29, 0.717) is 25.2 Å². The van der Waals surface area contributed by atoms with Crippen LogP contribution >= 0.6 is 0 Å². The highest BCUT2D eigenvalue weighted by molar-refractivity contribution is 6.44. The first-order valence-electron chi connectivity index (χ1n) is 7.22. The molecule has 0 saturated carbocycles. The summed E-state index contributed by atoms with van der Waals surface area (Å²) in [6.07, 6.45) is 3.58. The van der Waals surface area contributed by atoms with Gasteiger partial charge < -0.3 is 8.85 Å². The second-order valence-corrected chi connectivity index (χ2v) is 6.36. The lowest BCUT2D eigenvalue weighted by Crippen LogP contribution is -2.22. The van der Waals surface area contributed by atoms with Gasteiger partial charge in [0.2, 0.25) is 0 Å². The average Bonchev–Trinajstić information content (AvgIpc) is 2.41. The highest BCUT2D eigenvalue weighted by atomic mass is 28.3. The molecule has 0 amide bonds. The third-order valence-corrected chi connectivity index (χ3v) is 4.94. The maximum atomic E-state index is 13.4. The minimum atomic E-state index is -1.13. The Balaban J connectivity index is 2.20. The Morgan fingerprint density at radius 3 is 2.30 bits per heavy atom. The van der Waals surface area contributed by atoms with Crippen LogP contribution in [-0.2, 0) is 15.3 Å². The Hall–Kier alpha value is -0.783. The van der Waals surface area contributed by atoms with Crippen LogP contribution in [0.2, 0.25) is 6.04 Å². The van der Waals surface area contributed by atoms with Crippen molar-refractivity contribution in [2.24, 2.45) is 0 Å². The number of unbranched alkanes of at least 4 members (excludes halogenated alkanes) is 2. The van der Waals surface area contributed by atoms with E-state index in [1.165, 1.54) is 12.1 Å². The minimum Gasteiger partial charge on any atom is -0.394 e. The average molecular weight is 301 g/mol. The van der Waals surface area contributed by atoms with Crippen molar-refractivity contribution in [3.8, 4) is 0 Å². The van der Waals surface area contributed by atoms with Crippen molar-refractivity contribution in [1.82, 2.24) is 0 Å². The maximum absolute atomic E-state index is 13.4. The van der Waals surface area contributed by atoms with Crippen LogP contribution in [0.25, 0.3) is 0 Å². The van der Waals surface area contributed by atoms with E-state index < -0.39 is 20.9 Å². The highest BCUT2D eigenvalue weighted by Gasteiger charge is 2.13. The number of hydrogen-bond donors (Lipinski definition) is 0. The van der Waals surface area contributed by atoms with Gasteiger partial charge in [0.15, 0.2) is 0 Å². The summed E-state index contributed by atoms with van der Waals surface area (Å²) in [4.78, 5) is 0. The summed E-state index contributed by atoms with van der Waals surface area (Å²) in [5, 5.41) is 0. The van der Waals surface area contributed by atoms with E-state index >= 15 is 0 Å². The van der Waals surface area contributed by atoms with E-state index in [4.69, 9.17) is 8.85 Å². The van der Waals surface area contributed by atoms with Crippen LogP contribution in [-0.4, -0.2) is 22.5 Å². The van der Waals surface area contributed by atoms with Crippen molar-refractivity contribution in [2.75, 3.05) is 13.2 Å². The molecule has 0 fully saturated rings. The largest absolute Gasteiger partial charge is 0.394 e. The zero-order valence-electron chi connectivity index (χ0n) is 12.3. The van der Waals surface area contributed by atoms with Gasteiger partial charge in [-0.2, -0.15) is 0 Å². The number of benzene rings is 1. The van der Waals surface area contributed by atoms with Crippen molar-refractivity contribution in [3.05, 3.63) is 35.4 Å². The summed E-state index contributed by atoms with van der Waals surface area (Å²) in [6, 6.07) is 4.74. The Kier molecular flexibility index (Phi) is 8.65. The second kappa shape index (κ2) is 10.0. The molecule has 113 valence electrons. The van der Waals surface area contributed by atoms with Crippen LogP contribution in [0.3, 0.4) is 0 Å². The fraction of sp³-hybridized carbons (Fsp3) is 0.600. The first kappa shape index (κ1) is 17.3. The van der Waals surface area contributed by atoms with Crippen LogP contribution in [0.4, 0.5) is 8.78 Å². The molecule has 2 nitrogen and oxygen atoms in total. The molecule has 20 heavy (non-hydrogen) atoms. The molecule has 0 aromatic heterocycles. The Bertz CT molecular complexity index is 382. The smallest absolute Gasteiger partial charge is 0.384 e. The van der Waals surface area contributed by atoms with Gasteiger partial charge in [-0.25, -0.2) is 8.78 Å². The molecule has 0 bridgehead atoms. The highest BCUT2D eigenvalue weighted by Crippen LogP contribution is 2.14. The number of aryl methyl sites for hydroxylation is 1. The fourth-order valence-electron chi connectivity index (χ4n) is 1.99. The zero-order valence-corrected chi connectivity index (χ0v) is 13.3. The predicted molar refractivity (Wildman–Crippen MR) is 77.7 cm³/mol. The molecule has 1 aromatic carbocycles. The molecule has 0 N–H and O–H groups in total. The van der Waals surface area contributed by atoms with Gasteiger partial charge in [0, 0.05) is 19.3 Å². The Morgan fingerprint density at radius 1 is 1.00 bits per heavy atom. The van der Waals surface area contributed by atoms with Gasteiger partial charge in [-0.3, -0.25) is 0 Å². The van der Waals surface area contributed by atoms with E-state index in [2.05, 4.69) is 0 Å². The van der Waals surface area contributed by atoms with E-state index in [9.17, 15) is 8.78 Å². The number of rotatable bonds is 10. The van der Waals surface area contributed by atoms with Crippen LogP contribution in [0.15, 0.2) is 18.2 Å². The van der Waals surface area contributed by atoms with Crippen LogP contribution in [0, 0.1) is 11.6 Å². The minimum absolute atomic E-state index is 0.446. The standard InChI is InChI=1S/C15H23F2O2Si/c1-3-18-20(19-4-2)11-7-5-6-8-13-9-10-14(16)12-15(13)17/h9-10,12H,3-8,11H2,1-2H3. The van der Waals surface area contributed by atoms with E-state index in [1.807, 2.05) is 13.8 Å². The lowest BCUT2D eigenvalue weighted by atomic mass is 10.1. The first-order chi connectivity index (χ1) is 9.67. The fourth-order valence-corrected chi connectivity index (χ4v) is 3.55. The van der Waals surface area contributed by atoms with Crippen molar-refractivity contribution in [2.45, 2.75) is 45.6 Å². The van der Waals surface area contributed by atoms with Gasteiger partial charge >= 0.3 is 9.28 Å². The van der Waals surface area contributed by atoms with E-state index in [1.54, 1.807) is 0 Å². The maximum Gasteiger partial charge on any atom is 0.384 e. The molecule has 0 aliphatic rings. The molecule has 5 heteroatoms. The second-order valence-electron chi connectivity index (χ2n) is 4.53. The van der Waals surface area contributed by atoms with Crippen molar-refractivity contribution < 1.29 is 17.6 Å². The molecule has 1 aromatic rings. The molecular formula is C15H23F2O2Si. The summed E-state index contributed by atoms with van der Waals surface area (Å²) in [7, 11) is -1.13. The molecule has 0 heterocycles. The number of hydrogen-bond acceptors (Lipinski definition) is 2. The number of halogens is 2. The zero-order chi connectivity index (χ0) is 14.8. The molecule has 0 aliphatic carbocycles. The Labute approximate surface area is 121 Å². The van der Waals surface area contributed by atoms with Crippen molar-refractivity contribution >= 4 is 9.28 Å². The molecule has 1 rings (SSSR count). The summed E-state index contributed by atoms with van der Waals surface area (Å²) >= 11 is 0. The molecular weight excluding hydrogens is 278 g/mol. The van der Waals surface area contributed by atoms with Gasteiger partial charge in [-0.15, -0.1) is 0 Å². The lowest BCUT2D eigenvalue weighted by Gasteiger charge is -2.12. The van der Waals surface area contributed by atoms with Gasteiger partial charge in [0.1, 0.15) is 11.6 Å². The van der Waals surface area contributed by atoms with E-state index in [-0.39, 0.29) is 0 Å². The third-order valence-electron chi connectivity index (χ3n) is 2.95. The lowest BCUT2D eigenvalue weighted by molar-refractivity contribution is 0.212. The summed E-state index contributed by atoms with van der Waals surface area (Å²) in [5.74, 6) is -0.967. The van der Waals surface area contributed by atoms with Gasteiger partial charge in [0.25, 0.3) is 0 Å². The first-order valence-corrected chi connectivity index (χ1v) is 8.75. The topological polar surface area (TPSA) is 18.5 Å². The molecule has 0 unspecified atom stereocenters. The molecule has 0 saturated heterocycles. The van der Waals surface area contributed by atoms with E-state index in [0.717, 1.165) is 31.4 Å². The van der Waals surface area contributed by atoms with Gasteiger partial charge in [-0.05, 0) is 44.4 Å².